The van der Waals surface area contributed by atoms with E-state index in [2.05, 4.69) is 20.5 Å². The fraction of sp³-hybridized carbons (Fsp3) is 0.240. The SMILES string of the molecule is COc1ccc(NC(=O)c2cc(F)c(F)cc2NC(=O)C2CCN(c3ccncc3)CC2)cc1.Cl. The summed E-state index contributed by atoms with van der Waals surface area (Å²) < 4.78 is 33.0. The van der Waals surface area contributed by atoms with Crippen LogP contribution in [0.5, 0.6) is 5.75 Å². The smallest absolute Gasteiger partial charge is 0.257 e. The third-order valence-electron chi connectivity index (χ3n) is 5.80. The van der Waals surface area contributed by atoms with Crippen LogP contribution in [0.3, 0.4) is 0 Å². The summed E-state index contributed by atoms with van der Waals surface area (Å²) >= 11 is 0. The summed E-state index contributed by atoms with van der Waals surface area (Å²) in [6.07, 6.45) is 4.61. The number of pyridine rings is 1. The lowest BCUT2D eigenvalue weighted by Gasteiger charge is -2.33. The molecule has 0 bridgehead atoms. The highest BCUT2D eigenvalue weighted by atomic mass is 35.5. The number of ether oxygens (including phenoxy) is 1. The van der Waals surface area contributed by atoms with Gasteiger partial charge in [0, 0.05) is 48.8 Å². The molecule has 0 atom stereocenters. The second kappa shape index (κ2) is 11.6. The fourth-order valence-corrected chi connectivity index (χ4v) is 3.90. The van der Waals surface area contributed by atoms with Gasteiger partial charge in [-0.1, -0.05) is 0 Å². The maximum absolute atomic E-state index is 14.0. The summed E-state index contributed by atoms with van der Waals surface area (Å²) in [6, 6.07) is 12.0. The summed E-state index contributed by atoms with van der Waals surface area (Å²) in [4.78, 5) is 31.9. The minimum Gasteiger partial charge on any atom is -0.497 e. The summed E-state index contributed by atoms with van der Waals surface area (Å²) in [5.74, 6) is -3.05. The van der Waals surface area contributed by atoms with E-state index in [4.69, 9.17) is 4.74 Å². The summed E-state index contributed by atoms with van der Waals surface area (Å²) in [6.45, 7) is 1.34. The first-order valence-corrected chi connectivity index (χ1v) is 10.8. The van der Waals surface area contributed by atoms with E-state index in [1.54, 1.807) is 36.7 Å². The van der Waals surface area contributed by atoms with Gasteiger partial charge in [0.05, 0.1) is 18.4 Å². The van der Waals surface area contributed by atoms with Gasteiger partial charge in [0.15, 0.2) is 11.6 Å². The van der Waals surface area contributed by atoms with E-state index < -0.39 is 17.5 Å². The van der Waals surface area contributed by atoms with Crippen molar-refractivity contribution in [3.05, 3.63) is 78.1 Å². The Morgan fingerprint density at radius 3 is 2.23 bits per heavy atom. The number of aromatic nitrogens is 1. The van der Waals surface area contributed by atoms with Crippen molar-refractivity contribution in [3.63, 3.8) is 0 Å². The zero-order chi connectivity index (χ0) is 24.1. The molecule has 0 saturated carbocycles. The van der Waals surface area contributed by atoms with Crippen LogP contribution < -0.4 is 20.3 Å². The third kappa shape index (κ3) is 6.24. The first-order valence-electron chi connectivity index (χ1n) is 10.8. The quantitative estimate of drug-likeness (QED) is 0.501. The van der Waals surface area contributed by atoms with Crippen LogP contribution in [0.25, 0.3) is 0 Å². The van der Waals surface area contributed by atoms with Gasteiger partial charge in [-0.2, -0.15) is 0 Å². The Morgan fingerprint density at radius 1 is 0.971 bits per heavy atom. The van der Waals surface area contributed by atoms with Crippen LogP contribution in [0.15, 0.2) is 60.9 Å². The van der Waals surface area contributed by atoms with Crippen LogP contribution in [-0.2, 0) is 4.79 Å². The zero-order valence-electron chi connectivity index (χ0n) is 19.0. The lowest BCUT2D eigenvalue weighted by Crippen LogP contribution is -2.38. The topological polar surface area (TPSA) is 83.6 Å². The summed E-state index contributed by atoms with van der Waals surface area (Å²) in [5.41, 5.74) is 1.23. The second-order valence-electron chi connectivity index (χ2n) is 7.95. The van der Waals surface area contributed by atoms with Gasteiger partial charge in [0.2, 0.25) is 5.91 Å². The molecule has 0 aliphatic carbocycles. The van der Waals surface area contributed by atoms with Gasteiger partial charge in [-0.25, -0.2) is 8.78 Å². The number of hydrogen-bond donors (Lipinski definition) is 2. The monoisotopic (exact) mass is 502 g/mol. The number of anilines is 3. The van der Waals surface area contributed by atoms with Crippen LogP contribution in [0.1, 0.15) is 23.2 Å². The van der Waals surface area contributed by atoms with Gasteiger partial charge in [-0.3, -0.25) is 14.6 Å². The molecule has 184 valence electrons. The van der Waals surface area contributed by atoms with Crippen LogP contribution in [0.4, 0.5) is 25.8 Å². The first kappa shape index (κ1) is 25.9. The van der Waals surface area contributed by atoms with Crippen molar-refractivity contribution in [2.24, 2.45) is 5.92 Å². The van der Waals surface area contributed by atoms with Crippen LogP contribution in [0.2, 0.25) is 0 Å². The second-order valence-corrected chi connectivity index (χ2v) is 7.95. The van der Waals surface area contributed by atoms with E-state index in [1.165, 1.54) is 7.11 Å². The van der Waals surface area contributed by atoms with Gasteiger partial charge in [0.25, 0.3) is 5.91 Å². The molecule has 0 spiro atoms. The van der Waals surface area contributed by atoms with E-state index in [0.717, 1.165) is 17.8 Å². The molecule has 1 saturated heterocycles. The average molecular weight is 503 g/mol. The number of carbonyl (C=O) groups excluding carboxylic acids is 2. The molecular weight excluding hydrogens is 478 g/mol. The largest absolute Gasteiger partial charge is 0.497 e. The molecule has 0 unspecified atom stereocenters. The maximum Gasteiger partial charge on any atom is 0.257 e. The van der Waals surface area contributed by atoms with Gasteiger partial charge < -0.3 is 20.3 Å². The van der Waals surface area contributed by atoms with Crippen LogP contribution in [-0.4, -0.2) is 37.0 Å². The number of methoxy groups -OCH3 is 1. The zero-order valence-corrected chi connectivity index (χ0v) is 19.8. The maximum atomic E-state index is 14.0. The Hall–Kier alpha value is -3.72. The third-order valence-corrected chi connectivity index (χ3v) is 5.80. The normalized spacial score (nSPS) is 13.5. The molecule has 2 aromatic carbocycles. The molecule has 10 heteroatoms. The predicted octanol–water partition coefficient (Wildman–Crippen LogP) is 4.90. The van der Waals surface area contributed by atoms with Crippen LogP contribution >= 0.6 is 12.4 Å². The number of nitrogens with one attached hydrogen (secondary N) is 2. The van der Waals surface area contributed by atoms with Crippen molar-refractivity contribution in [3.8, 4) is 5.75 Å². The molecule has 1 aromatic heterocycles. The number of benzene rings is 2. The Balaban J connectivity index is 0.00000342. The van der Waals surface area contributed by atoms with Gasteiger partial charge in [-0.05, 0) is 55.3 Å². The van der Waals surface area contributed by atoms with E-state index >= 15 is 0 Å². The Kier molecular flexibility index (Phi) is 8.59. The standard InChI is InChI=1S/C25H24F2N4O3.ClH/c1-34-19-4-2-17(3-5-19)29-25(33)20-14-21(26)22(27)15-23(20)30-24(32)16-8-12-31(13-9-16)18-6-10-28-11-7-18;/h2-7,10-11,14-16H,8-9,12-13H2,1H3,(H,29,33)(H,30,32);1H. The molecule has 7 nitrogen and oxygen atoms in total. The van der Waals surface area contributed by atoms with Crippen molar-refractivity contribution in [1.82, 2.24) is 4.98 Å². The lowest BCUT2D eigenvalue weighted by atomic mass is 9.95. The number of carbonyl (C=O) groups is 2. The van der Waals surface area contributed by atoms with Gasteiger partial charge in [-0.15, -0.1) is 12.4 Å². The molecule has 1 aliphatic heterocycles. The van der Waals surface area contributed by atoms with E-state index in [9.17, 15) is 18.4 Å². The average Bonchev–Trinajstić information content (AvgIpc) is 2.87. The molecule has 2 heterocycles. The Bertz CT molecular complexity index is 1170. The summed E-state index contributed by atoms with van der Waals surface area (Å²) in [5, 5.41) is 5.26. The summed E-state index contributed by atoms with van der Waals surface area (Å²) in [7, 11) is 1.52. The van der Waals surface area contributed by atoms with Gasteiger partial charge in [0.1, 0.15) is 5.75 Å². The van der Waals surface area contributed by atoms with Crippen molar-refractivity contribution in [2.75, 3.05) is 35.7 Å². The highest BCUT2D eigenvalue weighted by molar-refractivity contribution is 6.10. The molecule has 1 fully saturated rings. The van der Waals surface area contributed by atoms with Crippen molar-refractivity contribution in [1.29, 1.82) is 0 Å². The van der Waals surface area contributed by atoms with E-state index in [1.807, 2.05) is 12.1 Å². The van der Waals surface area contributed by atoms with E-state index in [-0.39, 0.29) is 35.5 Å². The molecule has 2 amide bonds. The van der Waals surface area contributed by atoms with Crippen LogP contribution in [0, 0.1) is 17.6 Å². The minimum atomic E-state index is -1.18. The van der Waals surface area contributed by atoms with Crippen molar-refractivity contribution in [2.45, 2.75) is 12.8 Å². The minimum absolute atomic E-state index is 0. The molecular formula is C25H25ClF2N4O3. The fourth-order valence-electron chi connectivity index (χ4n) is 3.90. The van der Waals surface area contributed by atoms with E-state index in [0.29, 0.717) is 37.4 Å². The number of halogens is 3. The predicted molar refractivity (Wildman–Crippen MR) is 132 cm³/mol. The molecule has 4 rings (SSSR count). The van der Waals surface area contributed by atoms with Crippen molar-refractivity contribution < 1.29 is 23.1 Å². The molecule has 3 aromatic rings. The number of rotatable bonds is 6. The number of hydrogen-bond acceptors (Lipinski definition) is 5. The highest BCUT2D eigenvalue weighted by Crippen LogP contribution is 2.27. The molecule has 2 N–H and O–H groups in total. The Labute approximate surface area is 207 Å². The van der Waals surface area contributed by atoms with Crippen molar-refractivity contribution >= 4 is 41.3 Å². The van der Waals surface area contributed by atoms with Gasteiger partial charge >= 0.3 is 0 Å². The molecule has 1 aliphatic rings. The number of nitrogens with zero attached hydrogens (tertiary/aromatic N) is 2. The Morgan fingerprint density at radius 2 is 1.60 bits per heavy atom. The number of amides is 2. The molecule has 35 heavy (non-hydrogen) atoms. The lowest BCUT2D eigenvalue weighted by molar-refractivity contribution is -0.120. The highest BCUT2D eigenvalue weighted by Gasteiger charge is 2.27. The first-order chi connectivity index (χ1) is 16.4. The number of piperidine rings is 1. The molecule has 0 radical (unpaired) electrons.